The Kier molecular flexibility index (Phi) is 7.49. The van der Waals surface area contributed by atoms with Gasteiger partial charge in [0.2, 0.25) is 11.8 Å². The zero-order valence-corrected chi connectivity index (χ0v) is 16.5. The Morgan fingerprint density at radius 2 is 1.44 bits per heavy atom. The first-order valence-electron chi connectivity index (χ1n) is 10.7. The van der Waals surface area contributed by atoms with Crippen LogP contribution in [0.4, 0.5) is 0 Å². The molecule has 1 saturated carbocycles. The van der Waals surface area contributed by atoms with Crippen LogP contribution in [0, 0.1) is 5.92 Å². The number of piperidine rings is 2. The Hall–Kier alpha value is -1.18. The maximum absolute atomic E-state index is 12.7. The standard InChI is InChI=1S/C20H36N4O3/c21-18(25)14-23-10-6-16(7-11-23)27-17-8-12-24(13-9-17)20(26)19(22)15-4-2-1-3-5-15/h15-17,19H,1-14,22H2,(H2,21,25). The normalized spacial score (nSPS) is 25.4. The third-order valence-corrected chi connectivity index (χ3v) is 6.50. The molecule has 3 aliphatic rings. The highest BCUT2D eigenvalue weighted by Crippen LogP contribution is 2.27. The summed E-state index contributed by atoms with van der Waals surface area (Å²) in [5.74, 6) is 0.240. The lowest BCUT2D eigenvalue weighted by Crippen LogP contribution is -2.51. The molecule has 1 atom stereocenters. The van der Waals surface area contributed by atoms with Gasteiger partial charge in [0.15, 0.2) is 0 Å². The lowest BCUT2D eigenvalue weighted by Gasteiger charge is -2.38. The van der Waals surface area contributed by atoms with Gasteiger partial charge in [-0.1, -0.05) is 19.3 Å². The van der Waals surface area contributed by atoms with Crippen LogP contribution in [-0.4, -0.2) is 72.6 Å². The highest BCUT2D eigenvalue weighted by molar-refractivity contribution is 5.82. The van der Waals surface area contributed by atoms with Crippen LogP contribution in [0.3, 0.4) is 0 Å². The fraction of sp³-hybridized carbons (Fsp3) is 0.900. The molecule has 0 aromatic rings. The van der Waals surface area contributed by atoms with E-state index >= 15 is 0 Å². The summed E-state index contributed by atoms with van der Waals surface area (Å²) in [6.07, 6.45) is 10.1. The van der Waals surface area contributed by atoms with Crippen LogP contribution in [-0.2, 0) is 14.3 Å². The van der Waals surface area contributed by atoms with Crippen molar-refractivity contribution < 1.29 is 14.3 Å². The van der Waals surface area contributed by atoms with E-state index < -0.39 is 0 Å². The van der Waals surface area contributed by atoms with E-state index in [1.165, 1.54) is 19.3 Å². The van der Waals surface area contributed by atoms with Crippen molar-refractivity contribution in [2.24, 2.45) is 17.4 Å². The molecule has 2 saturated heterocycles. The van der Waals surface area contributed by atoms with E-state index in [1.807, 2.05) is 4.90 Å². The van der Waals surface area contributed by atoms with E-state index in [4.69, 9.17) is 16.2 Å². The molecule has 3 rings (SSSR count). The number of ether oxygens (including phenoxy) is 1. The molecule has 0 aromatic carbocycles. The summed E-state index contributed by atoms with van der Waals surface area (Å²) in [5.41, 5.74) is 11.6. The number of likely N-dealkylation sites (tertiary alicyclic amines) is 2. The molecule has 0 aromatic heterocycles. The second-order valence-electron chi connectivity index (χ2n) is 8.53. The molecule has 7 heteroatoms. The molecule has 2 heterocycles. The monoisotopic (exact) mass is 380 g/mol. The van der Waals surface area contributed by atoms with Gasteiger partial charge in [-0.3, -0.25) is 14.5 Å². The number of hydrogen-bond acceptors (Lipinski definition) is 5. The highest BCUT2D eigenvalue weighted by atomic mass is 16.5. The van der Waals surface area contributed by atoms with Crippen LogP contribution in [0.1, 0.15) is 57.8 Å². The third kappa shape index (κ3) is 5.90. The molecule has 1 unspecified atom stereocenters. The van der Waals surface area contributed by atoms with Gasteiger partial charge in [0.1, 0.15) is 0 Å². The van der Waals surface area contributed by atoms with E-state index in [0.717, 1.165) is 64.7 Å². The Bertz CT molecular complexity index is 493. The van der Waals surface area contributed by atoms with Gasteiger partial charge < -0.3 is 21.1 Å². The average Bonchev–Trinajstić information content (AvgIpc) is 2.69. The van der Waals surface area contributed by atoms with E-state index in [9.17, 15) is 9.59 Å². The van der Waals surface area contributed by atoms with Gasteiger partial charge >= 0.3 is 0 Å². The van der Waals surface area contributed by atoms with Crippen molar-refractivity contribution in [2.45, 2.75) is 76.0 Å². The number of carbonyl (C=O) groups excluding carboxylic acids is 2. The second kappa shape index (κ2) is 9.85. The topological polar surface area (TPSA) is 102 Å². The minimum absolute atomic E-state index is 0.139. The Morgan fingerprint density at radius 3 is 2.00 bits per heavy atom. The van der Waals surface area contributed by atoms with Crippen LogP contribution in [0.2, 0.25) is 0 Å². The minimum atomic E-state index is -0.322. The maximum atomic E-state index is 12.7. The zero-order chi connectivity index (χ0) is 19.2. The van der Waals surface area contributed by atoms with Gasteiger partial charge in [-0.05, 0) is 44.4 Å². The molecule has 0 radical (unpaired) electrons. The van der Waals surface area contributed by atoms with Crippen LogP contribution in [0.15, 0.2) is 0 Å². The van der Waals surface area contributed by atoms with Gasteiger partial charge in [0, 0.05) is 26.2 Å². The minimum Gasteiger partial charge on any atom is -0.375 e. The quantitative estimate of drug-likeness (QED) is 0.711. The SMILES string of the molecule is NC(=O)CN1CCC(OC2CCN(C(=O)C(N)C3CCCCC3)CC2)CC1. The van der Waals surface area contributed by atoms with Gasteiger partial charge in [-0.15, -0.1) is 0 Å². The number of rotatable bonds is 6. The zero-order valence-electron chi connectivity index (χ0n) is 16.5. The second-order valence-corrected chi connectivity index (χ2v) is 8.53. The van der Waals surface area contributed by atoms with Gasteiger partial charge in [0.05, 0.1) is 24.8 Å². The van der Waals surface area contributed by atoms with Crippen molar-refractivity contribution in [3.63, 3.8) is 0 Å². The highest BCUT2D eigenvalue weighted by Gasteiger charge is 2.32. The fourth-order valence-electron chi connectivity index (χ4n) is 4.81. The Labute approximate surface area is 162 Å². The summed E-state index contributed by atoms with van der Waals surface area (Å²) in [7, 11) is 0. The fourth-order valence-corrected chi connectivity index (χ4v) is 4.81. The van der Waals surface area contributed by atoms with Gasteiger partial charge in [-0.25, -0.2) is 0 Å². The van der Waals surface area contributed by atoms with Crippen LogP contribution >= 0.6 is 0 Å². The largest absolute Gasteiger partial charge is 0.375 e. The molecular weight excluding hydrogens is 344 g/mol. The van der Waals surface area contributed by atoms with Gasteiger partial charge in [0.25, 0.3) is 0 Å². The molecule has 3 fully saturated rings. The number of primary amides is 1. The summed E-state index contributed by atoms with van der Waals surface area (Å²) in [4.78, 5) is 27.8. The summed E-state index contributed by atoms with van der Waals surface area (Å²) in [6.45, 7) is 3.58. The smallest absolute Gasteiger partial charge is 0.239 e. The first kappa shape index (κ1) is 20.6. The van der Waals surface area contributed by atoms with Crippen molar-refractivity contribution in [3.8, 4) is 0 Å². The Morgan fingerprint density at radius 1 is 0.889 bits per heavy atom. The van der Waals surface area contributed by atoms with Crippen molar-refractivity contribution in [1.82, 2.24) is 9.80 Å². The molecule has 0 bridgehead atoms. The maximum Gasteiger partial charge on any atom is 0.239 e. The average molecular weight is 381 g/mol. The molecule has 0 spiro atoms. The van der Waals surface area contributed by atoms with E-state index in [1.54, 1.807) is 0 Å². The number of hydrogen-bond donors (Lipinski definition) is 2. The van der Waals surface area contributed by atoms with E-state index in [0.29, 0.717) is 12.5 Å². The van der Waals surface area contributed by atoms with E-state index in [2.05, 4.69) is 4.90 Å². The predicted octanol–water partition coefficient (Wildman–Crippen LogP) is 0.851. The Balaban J connectivity index is 1.36. The molecule has 2 aliphatic heterocycles. The van der Waals surface area contributed by atoms with Crippen LogP contribution in [0.25, 0.3) is 0 Å². The van der Waals surface area contributed by atoms with Crippen molar-refractivity contribution in [3.05, 3.63) is 0 Å². The molecule has 7 nitrogen and oxygen atoms in total. The molecule has 154 valence electrons. The molecule has 27 heavy (non-hydrogen) atoms. The summed E-state index contributed by atoms with van der Waals surface area (Å²) >= 11 is 0. The number of nitrogens with two attached hydrogens (primary N) is 2. The summed E-state index contributed by atoms with van der Waals surface area (Å²) in [5, 5.41) is 0. The number of amides is 2. The summed E-state index contributed by atoms with van der Waals surface area (Å²) in [6, 6.07) is -0.322. The first-order chi connectivity index (χ1) is 13.0. The molecule has 4 N–H and O–H groups in total. The summed E-state index contributed by atoms with van der Waals surface area (Å²) < 4.78 is 6.28. The molecular formula is C20H36N4O3. The van der Waals surface area contributed by atoms with Crippen molar-refractivity contribution >= 4 is 11.8 Å². The van der Waals surface area contributed by atoms with Crippen molar-refractivity contribution in [1.29, 1.82) is 0 Å². The molecule has 2 amide bonds. The van der Waals surface area contributed by atoms with Crippen molar-refractivity contribution in [2.75, 3.05) is 32.7 Å². The number of carbonyl (C=O) groups is 2. The van der Waals surface area contributed by atoms with E-state index in [-0.39, 0.29) is 30.1 Å². The van der Waals surface area contributed by atoms with Crippen LogP contribution < -0.4 is 11.5 Å². The lowest BCUT2D eigenvalue weighted by molar-refractivity contribution is -0.138. The first-order valence-corrected chi connectivity index (χ1v) is 10.7. The third-order valence-electron chi connectivity index (χ3n) is 6.50. The van der Waals surface area contributed by atoms with Crippen LogP contribution in [0.5, 0.6) is 0 Å². The number of nitrogens with zero attached hydrogens (tertiary/aromatic N) is 2. The molecule has 1 aliphatic carbocycles. The van der Waals surface area contributed by atoms with Gasteiger partial charge in [-0.2, -0.15) is 0 Å². The predicted molar refractivity (Wildman–Crippen MR) is 104 cm³/mol. The lowest BCUT2D eigenvalue weighted by atomic mass is 9.83.